The van der Waals surface area contributed by atoms with Crippen LogP contribution in [0.4, 0.5) is 0 Å². The topological polar surface area (TPSA) is 12.5 Å². The highest BCUT2D eigenvalue weighted by Gasteiger charge is 2.35. The molecule has 1 heteroatoms. The summed E-state index contributed by atoms with van der Waals surface area (Å²) < 4.78 is 5.54. The van der Waals surface area contributed by atoms with E-state index in [0.29, 0.717) is 12.2 Å². The van der Waals surface area contributed by atoms with Crippen molar-refractivity contribution in [2.45, 2.75) is 63.6 Å². The Hall–Kier alpha value is -0.300. The van der Waals surface area contributed by atoms with E-state index in [2.05, 4.69) is 12.2 Å². The van der Waals surface area contributed by atoms with Crippen molar-refractivity contribution in [3.63, 3.8) is 0 Å². The highest BCUT2D eigenvalue weighted by atomic mass is 16.6. The number of fused-ring (bicyclic) bond motifs is 1. The maximum Gasteiger partial charge on any atom is 0.102 e. The third-order valence-corrected chi connectivity index (χ3v) is 3.06. The van der Waals surface area contributed by atoms with Gasteiger partial charge >= 0.3 is 0 Å². The molecule has 1 saturated heterocycles. The van der Waals surface area contributed by atoms with Crippen LogP contribution in [0.5, 0.6) is 0 Å². The van der Waals surface area contributed by atoms with E-state index in [0.717, 1.165) is 0 Å². The molecule has 13 heavy (non-hydrogen) atoms. The van der Waals surface area contributed by atoms with E-state index in [1.165, 1.54) is 51.4 Å². The molecule has 0 unspecified atom stereocenters. The first-order valence-corrected chi connectivity index (χ1v) is 5.79. The zero-order chi connectivity index (χ0) is 8.93. The molecule has 1 nitrogen and oxygen atoms in total. The van der Waals surface area contributed by atoms with Crippen molar-refractivity contribution in [1.29, 1.82) is 0 Å². The fourth-order valence-electron chi connectivity index (χ4n) is 2.10. The van der Waals surface area contributed by atoms with E-state index in [-0.39, 0.29) is 0 Å². The summed E-state index contributed by atoms with van der Waals surface area (Å²) in [4.78, 5) is 0. The molecule has 0 aromatic heterocycles. The summed E-state index contributed by atoms with van der Waals surface area (Å²) in [7, 11) is 0. The van der Waals surface area contributed by atoms with Gasteiger partial charge < -0.3 is 4.74 Å². The smallest absolute Gasteiger partial charge is 0.102 e. The van der Waals surface area contributed by atoms with Gasteiger partial charge in [-0.15, -0.1) is 0 Å². The quantitative estimate of drug-likeness (QED) is 0.411. The largest absolute Gasteiger partial charge is 0.365 e. The molecule has 0 N–H and O–H groups in total. The fraction of sp³-hybridized carbons (Fsp3) is 0.833. The first-order valence-electron chi connectivity index (χ1n) is 5.79. The van der Waals surface area contributed by atoms with Crippen molar-refractivity contribution in [2.24, 2.45) is 0 Å². The SMILES string of the molecule is C1=C[C@@H]2O[C@H]2CCCCCCCC1. The number of allylic oxidation sites excluding steroid dienone is 1. The van der Waals surface area contributed by atoms with Gasteiger partial charge in [0.1, 0.15) is 6.10 Å². The van der Waals surface area contributed by atoms with Crippen molar-refractivity contribution in [3.05, 3.63) is 12.2 Å². The molecular weight excluding hydrogens is 160 g/mol. The van der Waals surface area contributed by atoms with E-state index in [4.69, 9.17) is 4.74 Å². The molecule has 74 valence electrons. The fourth-order valence-corrected chi connectivity index (χ4v) is 2.10. The van der Waals surface area contributed by atoms with Gasteiger partial charge in [-0.05, 0) is 19.3 Å². The molecule has 1 heterocycles. The Kier molecular flexibility index (Phi) is 3.42. The van der Waals surface area contributed by atoms with Gasteiger partial charge in [-0.2, -0.15) is 0 Å². The Balaban J connectivity index is 1.75. The Labute approximate surface area is 81.2 Å². The van der Waals surface area contributed by atoms with Gasteiger partial charge in [0.05, 0.1) is 6.10 Å². The Morgan fingerprint density at radius 1 is 0.923 bits per heavy atom. The monoisotopic (exact) mass is 180 g/mol. The van der Waals surface area contributed by atoms with Crippen LogP contribution in [0.15, 0.2) is 12.2 Å². The Bertz CT molecular complexity index is 174. The van der Waals surface area contributed by atoms with E-state index in [1.807, 2.05) is 0 Å². The summed E-state index contributed by atoms with van der Waals surface area (Å²) in [5.74, 6) is 0. The average molecular weight is 180 g/mol. The van der Waals surface area contributed by atoms with Crippen molar-refractivity contribution in [3.8, 4) is 0 Å². The minimum absolute atomic E-state index is 0.486. The van der Waals surface area contributed by atoms with Crippen LogP contribution in [0.25, 0.3) is 0 Å². The maximum atomic E-state index is 5.54. The van der Waals surface area contributed by atoms with Gasteiger partial charge in [0.25, 0.3) is 0 Å². The summed E-state index contributed by atoms with van der Waals surface area (Å²) in [6.45, 7) is 0. The molecule has 0 spiro atoms. The van der Waals surface area contributed by atoms with Gasteiger partial charge in [0, 0.05) is 0 Å². The molecule has 2 aliphatic rings. The minimum atomic E-state index is 0.486. The third kappa shape index (κ3) is 3.15. The highest BCUT2D eigenvalue weighted by molar-refractivity contribution is 5.02. The van der Waals surface area contributed by atoms with Gasteiger partial charge in [-0.1, -0.05) is 44.3 Å². The average Bonchev–Trinajstić information content (AvgIpc) is 2.83. The van der Waals surface area contributed by atoms with Crippen LogP contribution in [0.3, 0.4) is 0 Å². The van der Waals surface area contributed by atoms with Crippen molar-refractivity contribution in [2.75, 3.05) is 0 Å². The first kappa shape index (κ1) is 9.26. The Morgan fingerprint density at radius 2 is 1.69 bits per heavy atom. The lowest BCUT2D eigenvalue weighted by Crippen LogP contribution is -1.92. The second kappa shape index (κ2) is 4.80. The molecule has 0 amide bonds. The number of ether oxygens (including phenoxy) is 1. The molecule has 2 atom stereocenters. The van der Waals surface area contributed by atoms with Gasteiger partial charge in [0.15, 0.2) is 0 Å². The van der Waals surface area contributed by atoms with Crippen LogP contribution in [0.1, 0.15) is 51.4 Å². The van der Waals surface area contributed by atoms with Gasteiger partial charge in [-0.25, -0.2) is 0 Å². The van der Waals surface area contributed by atoms with Crippen molar-refractivity contribution in [1.82, 2.24) is 0 Å². The van der Waals surface area contributed by atoms with Crippen molar-refractivity contribution < 1.29 is 4.74 Å². The molecular formula is C12H20O. The van der Waals surface area contributed by atoms with Crippen LogP contribution in [-0.4, -0.2) is 12.2 Å². The van der Waals surface area contributed by atoms with Crippen LogP contribution in [0, 0.1) is 0 Å². The molecule has 0 bridgehead atoms. The minimum Gasteiger partial charge on any atom is -0.365 e. The van der Waals surface area contributed by atoms with E-state index in [9.17, 15) is 0 Å². The number of hydrogen-bond acceptors (Lipinski definition) is 1. The molecule has 1 fully saturated rings. The second-order valence-corrected chi connectivity index (χ2v) is 4.27. The number of epoxide rings is 1. The lowest BCUT2D eigenvalue weighted by molar-refractivity contribution is 0.372. The summed E-state index contributed by atoms with van der Waals surface area (Å²) >= 11 is 0. The van der Waals surface area contributed by atoms with Crippen LogP contribution in [-0.2, 0) is 4.74 Å². The third-order valence-electron chi connectivity index (χ3n) is 3.06. The van der Waals surface area contributed by atoms with E-state index < -0.39 is 0 Å². The zero-order valence-electron chi connectivity index (χ0n) is 8.37. The number of hydrogen-bond donors (Lipinski definition) is 0. The zero-order valence-corrected chi connectivity index (χ0v) is 8.37. The predicted octanol–water partition coefficient (Wildman–Crippen LogP) is 3.44. The standard InChI is InChI=1S/C12H20O/c1-2-4-6-8-10-12-11(13-12)9-7-5-3-1/h7,9,11-12H,1-6,8,10H2/t11-,12-/m0/s1. The Morgan fingerprint density at radius 3 is 2.62 bits per heavy atom. The van der Waals surface area contributed by atoms with Crippen molar-refractivity contribution >= 4 is 0 Å². The normalized spacial score (nSPS) is 35.7. The lowest BCUT2D eigenvalue weighted by Gasteiger charge is -2.00. The molecule has 0 radical (unpaired) electrons. The molecule has 0 saturated carbocycles. The molecule has 1 aliphatic heterocycles. The van der Waals surface area contributed by atoms with E-state index in [1.54, 1.807) is 0 Å². The van der Waals surface area contributed by atoms with Gasteiger partial charge in [0.2, 0.25) is 0 Å². The molecule has 0 aromatic carbocycles. The second-order valence-electron chi connectivity index (χ2n) is 4.27. The van der Waals surface area contributed by atoms with Crippen LogP contribution >= 0.6 is 0 Å². The highest BCUT2D eigenvalue weighted by Crippen LogP contribution is 2.29. The lowest BCUT2D eigenvalue weighted by atomic mass is 10.0. The summed E-state index contributed by atoms with van der Waals surface area (Å²) in [5.41, 5.74) is 0. The summed E-state index contributed by atoms with van der Waals surface area (Å²) in [6.07, 6.45) is 16.6. The van der Waals surface area contributed by atoms with Gasteiger partial charge in [-0.3, -0.25) is 0 Å². The molecule has 0 aromatic rings. The molecule has 1 aliphatic carbocycles. The summed E-state index contributed by atoms with van der Waals surface area (Å²) in [5, 5.41) is 0. The number of rotatable bonds is 0. The maximum absolute atomic E-state index is 5.54. The van der Waals surface area contributed by atoms with Crippen LogP contribution < -0.4 is 0 Å². The van der Waals surface area contributed by atoms with Crippen LogP contribution in [0.2, 0.25) is 0 Å². The summed E-state index contributed by atoms with van der Waals surface area (Å²) in [6, 6.07) is 0. The molecule has 2 rings (SSSR count). The predicted molar refractivity (Wildman–Crippen MR) is 54.7 cm³/mol. The van der Waals surface area contributed by atoms with E-state index >= 15 is 0 Å². The first-order chi connectivity index (χ1) is 6.47.